The fraction of sp³-hybridized carbons (Fsp3) is 0.462. The molecule has 0 amide bonds. The Balaban J connectivity index is 2.64. The molecule has 0 aliphatic carbocycles. The predicted molar refractivity (Wildman–Crippen MR) is 63.2 cm³/mol. The van der Waals surface area contributed by atoms with Crippen LogP contribution in [0.25, 0.3) is 0 Å². The highest BCUT2D eigenvalue weighted by Crippen LogP contribution is 2.20. The van der Waals surface area contributed by atoms with E-state index in [4.69, 9.17) is 12.2 Å². The number of terminal acetylenes is 1. The minimum absolute atomic E-state index is 0.0938. The fourth-order valence-corrected chi connectivity index (χ4v) is 1.67. The van der Waals surface area contributed by atoms with E-state index >= 15 is 0 Å². The highest BCUT2D eigenvalue weighted by molar-refractivity contribution is 5.26. The largest absolute Gasteiger partial charge is 0.324 e. The molecule has 0 aromatic carbocycles. The summed E-state index contributed by atoms with van der Waals surface area (Å²) in [4.78, 5) is 4.11. The standard InChI is InChI=1S/C13H18N2/c1-3-5-6-7-13(14)12-8-9-15-10-11(12)4-2/h1,8-10,13H,4-7,14H2,2H3. The number of rotatable bonds is 5. The van der Waals surface area contributed by atoms with Crippen molar-refractivity contribution in [3.05, 3.63) is 29.6 Å². The van der Waals surface area contributed by atoms with Crippen LogP contribution in [0.5, 0.6) is 0 Å². The van der Waals surface area contributed by atoms with Crippen LogP contribution in [0.2, 0.25) is 0 Å². The van der Waals surface area contributed by atoms with E-state index in [0.717, 1.165) is 25.7 Å². The van der Waals surface area contributed by atoms with Gasteiger partial charge in [-0.25, -0.2) is 0 Å². The molecule has 2 heteroatoms. The molecule has 1 heterocycles. The van der Waals surface area contributed by atoms with E-state index in [1.54, 1.807) is 6.20 Å². The Morgan fingerprint density at radius 3 is 3.07 bits per heavy atom. The molecule has 1 aromatic rings. The Hall–Kier alpha value is -1.33. The zero-order valence-corrected chi connectivity index (χ0v) is 9.24. The first-order chi connectivity index (χ1) is 7.29. The molecular formula is C13H18N2. The van der Waals surface area contributed by atoms with Crippen molar-refractivity contribution in [2.45, 2.75) is 38.6 Å². The van der Waals surface area contributed by atoms with Gasteiger partial charge in [0.15, 0.2) is 0 Å². The molecule has 0 bridgehead atoms. The van der Waals surface area contributed by atoms with Crippen molar-refractivity contribution in [1.29, 1.82) is 0 Å². The Kier molecular flexibility index (Phi) is 4.86. The van der Waals surface area contributed by atoms with Crippen LogP contribution >= 0.6 is 0 Å². The van der Waals surface area contributed by atoms with E-state index in [0.29, 0.717) is 0 Å². The van der Waals surface area contributed by atoms with E-state index in [1.165, 1.54) is 11.1 Å². The minimum Gasteiger partial charge on any atom is -0.324 e. The monoisotopic (exact) mass is 202 g/mol. The topological polar surface area (TPSA) is 38.9 Å². The average Bonchev–Trinajstić information content (AvgIpc) is 2.29. The second-order valence-electron chi connectivity index (χ2n) is 3.63. The second kappa shape index (κ2) is 6.21. The van der Waals surface area contributed by atoms with E-state index in [1.807, 2.05) is 12.3 Å². The number of pyridine rings is 1. The third kappa shape index (κ3) is 3.38. The van der Waals surface area contributed by atoms with Gasteiger partial charge in [-0.05, 0) is 36.5 Å². The Labute approximate surface area is 91.9 Å². The summed E-state index contributed by atoms with van der Waals surface area (Å²) < 4.78 is 0. The Bertz CT molecular complexity index is 339. The molecule has 15 heavy (non-hydrogen) atoms. The maximum absolute atomic E-state index is 6.12. The summed E-state index contributed by atoms with van der Waals surface area (Å²) in [5, 5.41) is 0. The Morgan fingerprint density at radius 1 is 1.60 bits per heavy atom. The third-order valence-corrected chi connectivity index (χ3v) is 2.56. The summed E-state index contributed by atoms with van der Waals surface area (Å²) in [7, 11) is 0. The summed E-state index contributed by atoms with van der Waals surface area (Å²) in [5.74, 6) is 2.64. The lowest BCUT2D eigenvalue weighted by atomic mass is 9.97. The molecule has 2 nitrogen and oxygen atoms in total. The van der Waals surface area contributed by atoms with Crippen molar-refractivity contribution < 1.29 is 0 Å². The number of unbranched alkanes of at least 4 members (excludes halogenated alkanes) is 1. The van der Waals surface area contributed by atoms with Crippen LogP contribution in [0, 0.1) is 12.3 Å². The number of aryl methyl sites for hydroxylation is 1. The van der Waals surface area contributed by atoms with Crippen molar-refractivity contribution in [3.8, 4) is 12.3 Å². The van der Waals surface area contributed by atoms with Crippen molar-refractivity contribution in [1.82, 2.24) is 4.98 Å². The molecule has 1 aromatic heterocycles. The fourth-order valence-electron chi connectivity index (χ4n) is 1.67. The lowest BCUT2D eigenvalue weighted by molar-refractivity contribution is 0.615. The van der Waals surface area contributed by atoms with Crippen LogP contribution in [0.15, 0.2) is 18.5 Å². The Morgan fingerprint density at radius 2 is 2.40 bits per heavy atom. The molecule has 1 rings (SSSR count). The third-order valence-electron chi connectivity index (χ3n) is 2.56. The van der Waals surface area contributed by atoms with Crippen LogP contribution in [0.4, 0.5) is 0 Å². The molecule has 1 unspecified atom stereocenters. The van der Waals surface area contributed by atoms with Gasteiger partial charge < -0.3 is 5.73 Å². The van der Waals surface area contributed by atoms with Crippen LogP contribution in [-0.4, -0.2) is 4.98 Å². The van der Waals surface area contributed by atoms with Crippen molar-refractivity contribution in [3.63, 3.8) is 0 Å². The minimum atomic E-state index is 0.0938. The summed E-state index contributed by atoms with van der Waals surface area (Å²) in [6.07, 6.45) is 12.6. The van der Waals surface area contributed by atoms with Gasteiger partial charge in [-0.2, -0.15) is 0 Å². The zero-order valence-electron chi connectivity index (χ0n) is 9.24. The van der Waals surface area contributed by atoms with Crippen LogP contribution < -0.4 is 5.73 Å². The van der Waals surface area contributed by atoms with Gasteiger partial charge in [0.25, 0.3) is 0 Å². The molecular weight excluding hydrogens is 184 g/mol. The van der Waals surface area contributed by atoms with Gasteiger partial charge in [-0.1, -0.05) is 6.92 Å². The van der Waals surface area contributed by atoms with E-state index < -0.39 is 0 Å². The number of nitrogens with zero attached hydrogens (tertiary/aromatic N) is 1. The summed E-state index contributed by atoms with van der Waals surface area (Å²) in [6, 6.07) is 2.11. The molecule has 80 valence electrons. The van der Waals surface area contributed by atoms with E-state index in [9.17, 15) is 0 Å². The van der Waals surface area contributed by atoms with Crippen LogP contribution in [-0.2, 0) is 6.42 Å². The van der Waals surface area contributed by atoms with Gasteiger partial charge in [-0.15, -0.1) is 12.3 Å². The van der Waals surface area contributed by atoms with Gasteiger partial charge >= 0.3 is 0 Å². The first-order valence-corrected chi connectivity index (χ1v) is 5.41. The maximum atomic E-state index is 6.12. The van der Waals surface area contributed by atoms with Gasteiger partial charge in [0.1, 0.15) is 0 Å². The number of hydrogen-bond acceptors (Lipinski definition) is 2. The van der Waals surface area contributed by atoms with Gasteiger partial charge in [0.05, 0.1) is 0 Å². The van der Waals surface area contributed by atoms with Crippen LogP contribution in [0.1, 0.15) is 43.4 Å². The summed E-state index contributed by atoms with van der Waals surface area (Å²) in [6.45, 7) is 2.12. The number of aromatic nitrogens is 1. The van der Waals surface area contributed by atoms with Gasteiger partial charge in [-0.3, -0.25) is 4.98 Å². The molecule has 0 aliphatic rings. The molecule has 0 spiro atoms. The molecule has 0 aliphatic heterocycles. The quantitative estimate of drug-likeness (QED) is 0.588. The van der Waals surface area contributed by atoms with Crippen molar-refractivity contribution in [2.24, 2.45) is 5.73 Å². The number of hydrogen-bond donors (Lipinski definition) is 1. The predicted octanol–water partition coefficient (Wildman–Crippen LogP) is 2.45. The SMILES string of the molecule is C#CCCCC(N)c1ccncc1CC. The molecule has 0 radical (unpaired) electrons. The van der Waals surface area contributed by atoms with Crippen LogP contribution in [0.3, 0.4) is 0 Å². The lowest BCUT2D eigenvalue weighted by Gasteiger charge is -2.14. The van der Waals surface area contributed by atoms with Crippen molar-refractivity contribution in [2.75, 3.05) is 0 Å². The normalized spacial score (nSPS) is 12.1. The maximum Gasteiger partial charge on any atom is 0.0303 e. The highest BCUT2D eigenvalue weighted by Gasteiger charge is 2.09. The molecule has 0 saturated carbocycles. The first-order valence-electron chi connectivity index (χ1n) is 5.41. The molecule has 1 atom stereocenters. The average molecular weight is 202 g/mol. The second-order valence-corrected chi connectivity index (χ2v) is 3.63. The molecule has 2 N–H and O–H groups in total. The lowest BCUT2D eigenvalue weighted by Crippen LogP contribution is -2.12. The summed E-state index contributed by atoms with van der Waals surface area (Å²) >= 11 is 0. The van der Waals surface area contributed by atoms with Crippen molar-refractivity contribution >= 4 is 0 Å². The highest BCUT2D eigenvalue weighted by atomic mass is 14.7. The summed E-state index contributed by atoms with van der Waals surface area (Å²) in [5.41, 5.74) is 8.57. The van der Waals surface area contributed by atoms with E-state index in [2.05, 4.69) is 17.8 Å². The zero-order chi connectivity index (χ0) is 11.1. The number of nitrogens with two attached hydrogens (primary N) is 1. The van der Waals surface area contributed by atoms with Gasteiger partial charge in [0, 0.05) is 24.9 Å². The molecule has 0 fully saturated rings. The van der Waals surface area contributed by atoms with E-state index in [-0.39, 0.29) is 6.04 Å². The van der Waals surface area contributed by atoms with Gasteiger partial charge in [0.2, 0.25) is 0 Å². The molecule has 0 saturated heterocycles. The smallest absolute Gasteiger partial charge is 0.0303 e. The first kappa shape index (κ1) is 11.7.